The first kappa shape index (κ1) is 33.8. The second kappa shape index (κ2) is 13.1. The van der Waals surface area contributed by atoms with Crippen LogP contribution < -0.4 is 16.4 Å². The van der Waals surface area contributed by atoms with Gasteiger partial charge in [0.25, 0.3) is 0 Å². The normalized spacial score (nSPS) is 12.2. The molecule has 0 aliphatic heterocycles. The number of nitrogens with one attached hydrogen (secondary N) is 2. The minimum absolute atomic E-state index is 0.239. The quantitative estimate of drug-likeness (QED) is 0.236. The van der Waals surface area contributed by atoms with Crippen molar-refractivity contribution >= 4 is 34.3 Å². The van der Waals surface area contributed by atoms with Gasteiger partial charge in [-0.2, -0.15) is 0 Å². The van der Waals surface area contributed by atoms with Gasteiger partial charge in [0.2, 0.25) is 5.91 Å². The second-order valence-electron chi connectivity index (χ2n) is 12.8. The number of hydrogen-bond acceptors (Lipinski definition) is 9. The number of likely N-dealkylation sites (N-methyl/N-ethyl adjacent to an activating group) is 1. The number of nitrogens with zero attached hydrogens (tertiary/aromatic N) is 5. The van der Waals surface area contributed by atoms with Crippen LogP contribution in [0.5, 0.6) is 0 Å². The van der Waals surface area contributed by atoms with Crippen molar-refractivity contribution < 1.29 is 14.3 Å². The third-order valence-corrected chi connectivity index (χ3v) is 7.17. The number of aryl methyl sites for hydroxylation is 2. The lowest BCUT2D eigenvalue weighted by Crippen LogP contribution is -2.45. The number of benzene rings is 1. The summed E-state index contributed by atoms with van der Waals surface area (Å²) in [5, 5.41) is 8.15. The molecule has 4 aromatic rings. The average molecular weight is 623 g/mol. The molecule has 0 saturated heterocycles. The maximum absolute atomic E-state index is 13.4. The van der Waals surface area contributed by atoms with E-state index in [0.717, 1.165) is 22.0 Å². The molecule has 11 nitrogen and oxygen atoms in total. The van der Waals surface area contributed by atoms with Gasteiger partial charge in [-0.1, -0.05) is 12.0 Å². The third kappa shape index (κ3) is 7.95. The van der Waals surface area contributed by atoms with E-state index in [1.54, 1.807) is 53.9 Å². The highest BCUT2D eigenvalue weighted by Gasteiger charge is 2.28. The standard InChI is InChI=1S/C35H42N8O3/c1-20-27-14-12-23(17-24(27)15-16-38-20)11-13-26-18-25(29-30(37-9)31(35(7,8)36)40-22(3)39-29)19-28(41-26)42-32(44)21(2)43(10)33(45)46-34(4,5)6/h12,14-19,21,37H,36H2,1-10H3,(H,41,42,44). The molecule has 1 atom stereocenters. The summed E-state index contributed by atoms with van der Waals surface area (Å²) >= 11 is 0. The fraction of sp³-hybridized carbons (Fsp3) is 0.371. The van der Waals surface area contributed by atoms with Crippen LogP contribution in [-0.4, -0.2) is 62.6 Å². The molecular weight excluding hydrogens is 580 g/mol. The Labute approximate surface area is 270 Å². The molecule has 0 aliphatic carbocycles. The van der Waals surface area contributed by atoms with E-state index in [1.807, 2.05) is 51.1 Å². The Balaban J connectivity index is 1.79. The number of amides is 2. The number of carbonyl (C=O) groups is 2. The van der Waals surface area contributed by atoms with Crippen LogP contribution in [0.4, 0.5) is 16.3 Å². The van der Waals surface area contributed by atoms with Gasteiger partial charge in [0.15, 0.2) is 0 Å². The van der Waals surface area contributed by atoms with E-state index in [1.165, 1.54) is 11.9 Å². The second-order valence-corrected chi connectivity index (χ2v) is 12.8. The molecule has 1 unspecified atom stereocenters. The zero-order valence-electron chi connectivity index (χ0n) is 28.2. The van der Waals surface area contributed by atoms with Crippen molar-refractivity contribution in [3.8, 4) is 23.1 Å². The summed E-state index contributed by atoms with van der Waals surface area (Å²) < 4.78 is 5.44. The van der Waals surface area contributed by atoms with Crippen molar-refractivity contribution in [3.63, 3.8) is 0 Å². The van der Waals surface area contributed by atoms with Crippen LogP contribution in [0.15, 0.2) is 42.6 Å². The fourth-order valence-corrected chi connectivity index (χ4v) is 4.72. The minimum Gasteiger partial charge on any atom is -0.444 e. The molecular formula is C35H42N8O3. The molecule has 11 heteroatoms. The topological polar surface area (TPSA) is 148 Å². The molecule has 0 bridgehead atoms. The highest BCUT2D eigenvalue weighted by atomic mass is 16.6. The van der Waals surface area contributed by atoms with E-state index in [0.29, 0.717) is 34.2 Å². The number of rotatable bonds is 6. The first-order valence-corrected chi connectivity index (χ1v) is 15.0. The maximum Gasteiger partial charge on any atom is 0.410 e. The first-order chi connectivity index (χ1) is 21.5. The number of fused-ring (bicyclic) bond motifs is 1. The molecule has 2 amide bonds. The van der Waals surface area contributed by atoms with Gasteiger partial charge in [-0.15, -0.1) is 0 Å². The molecule has 1 aromatic carbocycles. The number of anilines is 2. The summed E-state index contributed by atoms with van der Waals surface area (Å²) in [6.07, 6.45) is 1.16. The molecule has 240 valence electrons. The predicted molar refractivity (Wildman–Crippen MR) is 181 cm³/mol. The smallest absolute Gasteiger partial charge is 0.410 e. The number of pyridine rings is 2. The largest absolute Gasteiger partial charge is 0.444 e. The predicted octanol–water partition coefficient (Wildman–Crippen LogP) is 5.53. The van der Waals surface area contributed by atoms with Gasteiger partial charge in [0.1, 0.15) is 29.0 Å². The van der Waals surface area contributed by atoms with E-state index in [9.17, 15) is 9.59 Å². The van der Waals surface area contributed by atoms with Gasteiger partial charge in [-0.05, 0) is 97.0 Å². The van der Waals surface area contributed by atoms with Gasteiger partial charge in [0.05, 0.1) is 22.6 Å². The Hall–Kier alpha value is -5.08. The highest BCUT2D eigenvalue weighted by molar-refractivity contribution is 5.96. The van der Waals surface area contributed by atoms with Crippen LogP contribution in [0.1, 0.15) is 70.0 Å². The summed E-state index contributed by atoms with van der Waals surface area (Å²) in [7, 11) is 3.29. The Kier molecular flexibility index (Phi) is 9.63. The fourth-order valence-electron chi connectivity index (χ4n) is 4.72. The van der Waals surface area contributed by atoms with Crippen molar-refractivity contribution in [1.82, 2.24) is 24.8 Å². The summed E-state index contributed by atoms with van der Waals surface area (Å²) in [5.41, 5.74) is 9.68. The monoisotopic (exact) mass is 622 g/mol. The van der Waals surface area contributed by atoms with Gasteiger partial charge < -0.3 is 21.1 Å². The Morgan fingerprint density at radius 3 is 2.37 bits per heavy atom. The molecule has 4 rings (SSSR count). The van der Waals surface area contributed by atoms with E-state index in [2.05, 4.69) is 37.4 Å². The minimum atomic E-state index is -0.857. The zero-order valence-corrected chi connectivity index (χ0v) is 28.2. The molecule has 0 fully saturated rings. The van der Waals surface area contributed by atoms with Crippen LogP contribution in [0.25, 0.3) is 22.0 Å². The number of ether oxygens (including phenoxy) is 1. The molecule has 0 aliphatic rings. The van der Waals surface area contributed by atoms with Crippen LogP contribution in [0, 0.1) is 25.7 Å². The number of nitrogens with two attached hydrogens (primary N) is 1. The zero-order chi connectivity index (χ0) is 34.0. The molecule has 3 heterocycles. The van der Waals surface area contributed by atoms with Crippen LogP contribution >= 0.6 is 0 Å². The molecule has 0 saturated carbocycles. The maximum atomic E-state index is 13.4. The van der Waals surface area contributed by atoms with E-state index in [-0.39, 0.29) is 5.82 Å². The lowest BCUT2D eigenvalue weighted by molar-refractivity contribution is -0.120. The van der Waals surface area contributed by atoms with Crippen LogP contribution in [-0.2, 0) is 15.1 Å². The summed E-state index contributed by atoms with van der Waals surface area (Å²) in [4.78, 5) is 45.6. The third-order valence-electron chi connectivity index (χ3n) is 7.17. The number of aromatic nitrogens is 4. The summed E-state index contributed by atoms with van der Waals surface area (Å²) in [6.45, 7) is 14.4. The van der Waals surface area contributed by atoms with Gasteiger partial charge >= 0.3 is 6.09 Å². The van der Waals surface area contributed by atoms with Crippen molar-refractivity contribution in [2.24, 2.45) is 5.73 Å². The van der Waals surface area contributed by atoms with Gasteiger partial charge in [-0.3, -0.25) is 14.7 Å². The average Bonchev–Trinajstić information content (AvgIpc) is 2.97. The molecule has 0 spiro atoms. The first-order valence-electron chi connectivity index (χ1n) is 15.0. The van der Waals surface area contributed by atoms with E-state index < -0.39 is 29.2 Å². The Morgan fingerprint density at radius 2 is 1.72 bits per heavy atom. The summed E-state index contributed by atoms with van der Waals surface area (Å²) in [5.74, 6) is 6.68. The van der Waals surface area contributed by atoms with Crippen molar-refractivity contribution in [2.45, 2.75) is 72.6 Å². The van der Waals surface area contributed by atoms with Gasteiger partial charge in [0, 0.05) is 42.5 Å². The highest BCUT2D eigenvalue weighted by Crippen LogP contribution is 2.34. The molecule has 4 N–H and O–H groups in total. The number of carbonyl (C=O) groups excluding carboxylic acids is 2. The van der Waals surface area contributed by atoms with Crippen LogP contribution in [0.2, 0.25) is 0 Å². The number of hydrogen-bond donors (Lipinski definition) is 3. The van der Waals surface area contributed by atoms with E-state index in [4.69, 9.17) is 15.5 Å². The van der Waals surface area contributed by atoms with Crippen molar-refractivity contribution in [1.29, 1.82) is 0 Å². The Morgan fingerprint density at radius 1 is 1.00 bits per heavy atom. The summed E-state index contributed by atoms with van der Waals surface area (Å²) in [6, 6.07) is 10.5. The SMILES string of the molecule is CNc1c(-c2cc(C#Cc3ccc4c(C)nccc4c3)nc(NC(=O)C(C)N(C)C(=O)OC(C)(C)C)c2)nc(C)nc1C(C)(C)N. The molecule has 3 aromatic heterocycles. The molecule has 0 radical (unpaired) electrons. The molecule has 46 heavy (non-hydrogen) atoms. The Bertz CT molecular complexity index is 1860. The lowest BCUT2D eigenvalue weighted by Gasteiger charge is -2.28. The van der Waals surface area contributed by atoms with Gasteiger partial charge in [-0.25, -0.2) is 19.7 Å². The van der Waals surface area contributed by atoms with Crippen molar-refractivity contribution in [3.05, 3.63) is 71.1 Å². The van der Waals surface area contributed by atoms with Crippen molar-refractivity contribution in [2.75, 3.05) is 24.7 Å². The van der Waals surface area contributed by atoms with Crippen LogP contribution in [0.3, 0.4) is 0 Å². The lowest BCUT2D eigenvalue weighted by atomic mass is 9.97. The van der Waals surface area contributed by atoms with E-state index >= 15 is 0 Å².